The molecule has 5 heteroatoms. The molecule has 0 aliphatic heterocycles. The molecule has 3 N–H and O–H groups in total. The Morgan fingerprint density at radius 2 is 1.95 bits per heavy atom. The number of hydrogen-bond acceptors (Lipinski definition) is 4. The Bertz CT molecular complexity index is 400. The normalized spacial score (nSPS) is 26.0. The molecule has 0 heterocycles. The van der Waals surface area contributed by atoms with Gasteiger partial charge in [0, 0.05) is 13.0 Å². The van der Waals surface area contributed by atoms with E-state index in [0.717, 1.165) is 12.8 Å². The molecule has 4 atom stereocenters. The molecule has 1 saturated carbocycles. The first-order valence-corrected chi connectivity index (χ1v) is 7.72. The van der Waals surface area contributed by atoms with Gasteiger partial charge in [0.15, 0.2) is 0 Å². The zero-order valence-corrected chi connectivity index (χ0v) is 13.5. The molecule has 1 amide bonds. The Labute approximate surface area is 127 Å². The van der Waals surface area contributed by atoms with Crippen LogP contribution < -0.4 is 11.1 Å². The molecule has 1 fully saturated rings. The van der Waals surface area contributed by atoms with Crippen molar-refractivity contribution in [1.29, 1.82) is 0 Å². The predicted molar refractivity (Wildman–Crippen MR) is 82.5 cm³/mol. The fraction of sp³-hybridized carbons (Fsp3) is 0.750. The van der Waals surface area contributed by atoms with Crippen molar-refractivity contribution < 1.29 is 14.3 Å². The lowest BCUT2D eigenvalue weighted by Gasteiger charge is -2.25. The predicted octanol–water partition coefficient (Wildman–Crippen LogP) is 1.76. The first-order chi connectivity index (χ1) is 9.92. The number of nitrogens with two attached hydrogens (primary N) is 1. The van der Waals surface area contributed by atoms with Crippen LogP contribution in [0.15, 0.2) is 11.6 Å². The summed E-state index contributed by atoms with van der Waals surface area (Å²) >= 11 is 0. The average molecular weight is 296 g/mol. The molecule has 1 rings (SSSR count). The van der Waals surface area contributed by atoms with Gasteiger partial charge in [-0.2, -0.15) is 0 Å². The van der Waals surface area contributed by atoms with Crippen LogP contribution in [0.1, 0.15) is 46.5 Å². The third-order valence-corrected chi connectivity index (χ3v) is 4.35. The summed E-state index contributed by atoms with van der Waals surface area (Å²) in [5, 5.41) is 2.98. The molecule has 0 bridgehead atoms. The van der Waals surface area contributed by atoms with Crippen LogP contribution in [0.2, 0.25) is 0 Å². The van der Waals surface area contributed by atoms with Crippen molar-refractivity contribution in [1.82, 2.24) is 5.32 Å². The summed E-state index contributed by atoms with van der Waals surface area (Å²) in [6, 6.07) is -0.209. The Hall–Kier alpha value is -1.36. The van der Waals surface area contributed by atoms with E-state index in [1.807, 2.05) is 0 Å². The second-order valence-electron chi connectivity index (χ2n) is 5.78. The monoisotopic (exact) mass is 296 g/mol. The van der Waals surface area contributed by atoms with Crippen LogP contribution in [-0.2, 0) is 14.3 Å². The topological polar surface area (TPSA) is 81.4 Å². The molecule has 21 heavy (non-hydrogen) atoms. The standard InChI is InChI=1S/C16H28N2O3/c1-5-11(6-2)7-15(18-10(3)19)13-8-12(9-14(13)17)16(20)21-4/h7,12-15H,5-6,8-9,17H2,1-4H3,(H,18,19). The van der Waals surface area contributed by atoms with Gasteiger partial charge in [0.1, 0.15) is 0 Å². The molecule has 5 nitrogen and oxygen atoms in total. The van der Waals surface area contributed by atoms with Crippen molar-refractivity contribution in [2.45, 2.75) is 58.5 Å². The highest BCUT2D eigenvalue weighted by atomic mass is 16.5. The van der Waals surface area contributed by atoms with Gasteiger partial charge in [0.2, 0.25) is 5.91 Å². The highest BCUT2D eigenvalue weighted by molar-refractivity contribution is 5.74. The minimum Gasteiger partial charge on any atom is -0.469 e. The largest absolute Gasteiger partial charge is 0.469 e. The average Bonchev–Trinajstić information content (AvgIpc) is 2.84. The van der Waals surface area contributed by atoms with Crippen LogP contribution in [0, 0.1) is 11.8 Å². The zero-order chi connectivity index (χ0) is 16.0. The van der Waals surface area contributed by atoms with Crippen LogP contribution in [0.5, 0.6) is 0 Å². The van der Waals surface area contributed by atoms with E-state index in [1.54, 1.807) is 0 Å². The van der Waals surface area contributed by atoms with Crippen LogP contribution >= 0.6 is 0 Å². The van der Waals surface area contributed by atoms with Gasteiger partial charge < -0.3 is 15.8 Å². The van der Waals surface area contributed by atoms with Gasteiger partial charge in [-0.05, 0) is 31.6 Å². The summed E-state index contributed by atoms with van der Waals surface area (Å²) in [5.74, 6) is -0.362. The Morgan fingerprint density at radius 3 is 2.43 bits per heavy atom. The number of nitrogens with one attached hydrogen (secondary N) is 1. The van der Waals surface area contributed by atoms with Crippen molar-refractivity contribution in [3.8, 4) is 0 Å². The Balaban J connectivity index is 2.90. The third kappa shape index (κ3) is 4.84. The molecule has 120 valence electrons. The molecular formula is C16H28N2O3. The highest BCUT2D eigenvalue weighted by Crippen LogP contribution is 2.34. The van der Waals surface area contributed by atoms with E-state index in [1.165, 1.54) is 19.6 Å². The van der Waals surface area contributed by atoms with Gasteiger partial charge in [0.25, 0.3) is 0 Å². The number of amides is 1. The maximum atomic E-state index is 11.7. The van der Waals surface area contributed by atoms with E-state index in [0.29, 0.717) is 12.8 Å². The number of ether oxygens (including phenoxy) is 1. The molecule has 0 spiro atoms. The third-order valence-electron chi connectivity index (χ3n) is 4.35. The van der Waals surface area contributed by atoms with Crippen LogP contribution in [0.25, 0.3) is 0 Å². The lowest BCUT2D eigenvalue weighted by atomic mass is 9.91. The maximum absolute atomic E-state index is 11.7. The maximum Gasteiger partial charge on any atom is 0.308 e. The molecular weight excluding hydrogens is 268 g/mol. The molecule has 1 aliphatic rings. The van der Waals surface area contributed by atoms with Crippen LogP contribution in [-0.4, -0.2) is 31.1 Å². The van der Waals surface area contributed by atoms with Gasteiger partial charge in [0.05, 0.1) is 19.1 Å². The summed E-state index contributed by atoms with van der Waals surface area (Å²) in [4.78, 5) is 23.2. The molecule has 4 unspecified atom stereocenters. The number of hydrogen-bond donors (Lipinski definition) is 2. The van der Waals surface area contributed by atoms with Gasteiger partial charge in [-0.15, -0.1) is 0 Å². The SMILES string of the molecule is CCC(=CC(NC(C)=O)C1CC(C(=O)OC)CC1N)CC. The van der Waals surface area contributed by atoms with E-state index in [9.17, 15) is 9.59 Å². The van der Waals surface area contributed by atoms with E-state index in [2.05, 4.69) is 25.2 Å². The van der Waals surface area contributed by atoms with Crippen LogP contribution in [0.3, 0.4) is 0 Å². The minimum absolute atomic E-state index is 0.0727. The number of carbonyl (C=O) groups is 2. The van der Waals surface area contributed by atoms with E-state index < -0.39 is 0 Å². The molecule has 0 aromatic carbocycles. The smallest absolute Gasteiger partial charge is 0.308 e. The van der Waals surface area contributed by atoms with Gasteiger partial charge in [-0.3, -0.25) is 9.59 Å². The van der Waals surface area contributed by atoms with Gasteiger partial charge in [-0.1, -0.05) is 25.5 Å². The molecule has 0 saturated heterocycles. The number of rotatable bonds is 6. The summed E-state index contributed by atoms with van der Waals surface area (Å²) in [7, 11) is 1.40. The fourth-order valence-electron chi connectivity index (χ4n) is 3.12. The summed E-state index contributed by atoms with van der Waals surface area (Å²) in [6.07, 6.45) is 5.31. The Morgan fingerprint density at radius 1 is 1.33 bits per heavy atom. The Kier molecular flexibility index (Phi) is 6.89. The summed E-state index contributed by atoms with van der Waals surface area (Å²) in [6.45, 7) is 5.72. The van der Waals surface area contributed by atoms with Crippen molar-refractivity contribution in [2.24, 2.45) is 17.6 Å². The first kappa shape index (κ1) is 17.7. The summed E-state index contributed by atoms with van der Waals surface area (Å²) < 4.78 is 4.82. The van der Waals surface area contributed by atoms with Crippen LogP contribution in [0.4, 0.5) is 0 Å². The van der Waals surface area contributed by atoms with Gasteiger partial charge >= 0.3 is 5.97 Å². The second-order valence-corrected chi connectivity index (χ2v) is 5.78. The minimum atomic E-state index is -0.204. The van der Waals surface area contributed by atoms with E-state index in [-0.39, 0.29) is 35.8 Å². The molecule has 0 aromatic rings. The lowest BCUT2D eigenvalue weighted by Crippen LogP contribution is -2.43. The number of esters is 1. The summed E-state index contributed by atoms with van der Waals surface area (Å²) in [5.41, 5.74) is 7.50. The van der Waals surface area contributed by atoms with Crippen molar-refractivity contribution in [3.63, 3.8) is 0 Å². The van der Waals surface area contributed by atoms with Crippen molar-refractivity contribution in [2.75, 3.05) is 7.11 Å². The van der Waals surface area contributed by atoms with E-state index in [4.69, 9.17) is 10.5 Å². The first-order valence-electron chi connectivity index (χ1n) is 7.72. The zero-order valence-electron chi connectivity index (χ0n) is 13.5. The molecule has 0 aromatic heterocycles. The lowest BCUT2D eigenvalue weighted by molar-refractivity contribution is -0.145. The van der Waals surface area contributed by atoms with Crippen molar-refractivity contribution >= 4 is 11.9 Å². The fourth-order valence-corrected chi connectivity index (χ4v) is 3.12. The molecule has 0 radical (unpaired) electrons. The molecule has 1 aliphatic carbocycles. The quantitative estimate of drug-likeness (QED) is 0.578. The number of carbonyl (C=O) groups excluding carboxylic acids is 2. The number of allylic oxidation sites excluding steroid dienone is 1. The number of methoxy groups -OCH3 is 1. The van der Waals surface area contributed by atoms with E-state index >= 15 is 0 Å². The van der Waals surface area contributed by atoms with Gasteiger partial charge in [-0.25, -0.2) is 0 Å². The highest BCUT2D eigenvalue weighted by Gasteiger charge is 2.40. The van der Waals surface area contributed by atoms with Crippen molar-refractivity contribution in [3.05, 3.63) is 11.6 Å². The second kappa shape index (κ2) is 8.17.